The zero-order chi connectivity index (χ0) is 19.5. The molecule has 6 heteroatoms. The number of fused-ring (bicyclic) bond motifs is 1. The zero-order valence-electron chi connectivity index (χ0n) is 16.9. The van der Waals surface area contributed by atoms with E-state index >= 15 is 0 Å². The van der Waals surface area contributed by atoms with E-state index in [2.05, 4.69) is 40.9 Å². The van der Waals surface area contributed by atoms with Gasteiger partial charge in [-0.05, 0) is 50.2 Å². The van der Waals surface area contributed by atoms with E-state index in [9.17, 15) is 0 Å². The van der Waals surface area contributed by atoms with E-state index in [1.165, 1.54) is 5.56 Å². The van der Waals surface area contributed by atoms with Gasteiger partial charge in [-0.2, -0.15) is 0 Å². The highest BCUT2D eigenvalue weighted by Gasteiger charge is 2.24. The summed E-state index contributed by atoms with van der Waals surface area (Å²) in [7, 11) is 3.87. The van der Waals surface area contributed by atoms with Crippen molar-refractivity contribution in [1.29, 1.82) is 0 Å². The molecule has 0 aliphatic carbocycles. The van der Waals surface area contributed by atoms with Crippen LogP contribution in [0, 0.1) is 0 Å². The minimum absolute atomic E-state index is 0.526. The fourth-order valence-corrected chi connectivity index (χ4v) is 3.88. The molecule has 1 aromatic carbocycles. The van der Waals surface area contributed by atoms with Gasteiger partial charge in [0.05, 0.1) is 18.4 Å². The Balaban J connectivity index is 1.72. The Morgan fingerprint density at radius 3 is 2.89 bits per heavy atom. The van der Waals surface area contributed by atoms with Crippen molar-refractivity contribution in [2.24, 2.45) is 4.99 Å². The number of pyridine rings is 1. The van der Waals surface area contributed by atoms with Crippen LogP contribution in [0.5, 0.6) is 5.75 Å². The molecule has 0 bridgehead atoms. The van der Waals surface area contributed by atoms with Gasteiger partial charge < -0.3 is 19.3 Å². The van der Waals surface area contributed by atoms with E-state index in [1.54, 1.807) is 7.11 Å². The predicted octanol–water partition coefficient (Wildman–Crippen LogP) is 3.40. The molecule has 148 valence electrons. The average molecular weight is 380 g/mol. The molecule has 4 rings (SSSR count). The van der Waals surface area contributed by atoms with E-state index in [-0.39, 0.29) is 0 Å². The lowest BCUT2D eigenvalue weighted by molar-refractivity contribution is 0.287. The largest absolute Gasteiger partial charge is 0.497 e. The number of hydrogen-bond donors (Lipinski definition) is 0. The molecular weight excluding hydrogens is 352 g/mol. The summed E-state index contributed by atoms with van der Waals surface area (Å²) >= 11 is 0. The molecule has 0 atom stereocenters. The van der Waals surface area contributed by atoms with Gasteiger partial charge in [0.2, 0.25) is 5.90 Å². The van der Waals surface area contributed by atoms with Crippen molar-refractivity contribution in [3.05, 3.63) is 47.2 Å². The lowest BCUT2D eigenvalue weighted by atomic mass is 10.0. The summed E-state index contributed by atoms with van der Waals surface area (Å²) in [5.74, 6) is 2.43. The summed E-state index contributed by atoms with van der Waals surface area (Å²) in [5.41, 5.74) is 4.26. The summed E-state index contributed by atoms with van der Waals surface area (Å²) in [6.07, 6.45) is 3.90. The van der Waals surface area contributed by atoms with Gasteiger partial charge in [0, 0.05) is 37.5 Å². The van der Waals surface area contributed by atoms with Gasteiger partial charge in [-0.3, -0.25) is 0 Å². The van der Waals surface area contributed by atoms with Crippen LogP contribution in [0.1, 0.15) is 30.0 Å². The molecule has 0 radical (unpaired) electrons. The molecule has 6 nitrogen and oxygen atoms in total. The van der Waals surface area contributed by atoms with Crippen LogP contribution in [0.2, 0.25) is 0 Å². The van der Waals surface area contributed by atoms with Crippen molar-refractivity contribution in [3.63, 3.8) is 0 Å². The highest BCUT2D eigenvalue weighted by Crippen LogP contribution is 2.35. The average Bonchev–Trinajstić information content (AvgIpc) is 2.96. The highest BCUT2D eigenvalue weighted by molar-refractivity contribution is 6.01. The third-order valence-corrected chi connectivity index (χ3v) is 5.52. The maximum Gasteiger partial charge on any atom is 0.225 e. The van der Waals surface area contributed by atoms with Gasteiger partial charge in [-0.1, -0.05) is 6.92 Å². The Hall–Kier alpha value is -2.60. The topological polar surface area (TPSA) is 50.2 Å². The second-order valence-electron chi connectivity index (χ2n) is 7.36. The van der Waals surface area contributed by atoms with E-state index in [0.29, 0.717) is 12.5 Å². The smallest absolute Gasteiger partial charge is 0.225 e. The number of anilines is 1. The molecule has 0 spiro atoms. The summed E-state index contributed by atoms with van der Waals surface area (Å²) in [6.45, 7) is 6.76. The number of aliphatic imine (C=N–C) groups is 1. The van der Waals surface area contributed by atoms with Crippen LogP contribution in [0.25, 0.3) is 0 Å². The molecule has 2 aromatic rings. The number of likely N-dealkylation sites (N-methyl/N-ethyl adjacent to an activating group) is 1. The first kappa shape index (κ1) is 18.7. The summed E-state index contributed by atoms with van der Waals surface area (Å²) in [4.78, 5) is 14.3. The minimum Gasteiger partial charge on any atom is -0.497 e. The number of hydrogen-bond acceptors (Lipinski definition) is 6. The molecule has 0 amide bonds. The predicted molar refractivity (Wildman–Crippen MR) is 112 cm³/mol. The van der Waals surface area contributed by atoms with Gasteiger partial charge in [0.15, 0.2) is 0 Å². The van der Waals surface area contributed by atoms with Gasteiger partial charge in [0.1, 0.15) is 18.2 Å². The lowest BCUT2D eigenvalue weighted by Gasteiger charge is -2.26. The maximum atomic E-state index is 6.12. The first-order valence-corrected chi connectivity index (χ1v) is 9.99. The molecule has 0 saturated carbocycles. The fourth-order valence-electron chi connectivity index (χ4n) is 3.88. The molecule has 0 N–H and O–H groups in total. The Bertz CT molecular complexity index is 881. The zero-order valence-corrected chi connectivity index (χ0v) is 16.9. The molecular formula is C22H28N4O2. The molecule has 1 fully saturated rings. The monoisotopic (exact) mass is 380 g/mol. The number of aromatic nitrogens is 1. The molecule has 1 saturated heterocycles. The Labute approximate surface area is 166 Å². The first-order chi connectivity index (χ1) is 13.7. The number of aryl methyl sites for hydroxylation is 1. The van der Waals surface area contributed by atoms with Gasteiger partial charge in [-0.15, -0.1) is 0 Å². The van der Waals surface area contributed by atoms with Crippen molar-refractivity contribution in [3.8, 4) is 5.75 Å². The normalized spacial score (nSPS) is 17.4. The van der Waals surface area contributed by atoms with Crippen molar-refractivity contribution < 1.29 is 9.47 Å². The third-order valence-electron chi connectivity index (χ3n) is 5.52. The van der Waals surface area contributed by atoms with E-state index in [4.69, 9.17) is 14.5 Å². The van der Waals surface area contributed by atoms with Crippen LogP contribution in [0.15, 0.2) is 35.5 Å². The second-order valence-corrected chi connectivity index (χ2v) is 7.36. The standard InChI is InChI=1S/C22H28N4O2/c1-4-16-13-17(27-3)14-20-19(16)15-28-22(24-20)18-7-5-8-23-21(18)26-10-6-9-25(2)11-12-26/h5,7-8,13-14H,4,6,9-12,15H2,1-3H3. The number of benzene rings is 1. The number of ether oxygens (including phenoxy) is 2. The highest BCUT2D eigenvalue weighted by atomic mass is 16.5. The number of rotatable bonds is 4. The molecule has 0 unspecified atom stereocenters. The Kier molecular flexibility index (Phi) is 5.48. The van der Waals surface area contributed by atoms with Crippen molar-refractivity contribution in [1.82, 2.24) is 9.88 Å². The van der Waals surface area contributed by atoms with Crippen LogP contribution in [-0.4, -0.2) is 56.1 Å². The van der Waals surface area contributed by atoms with E-state index < -0.39 is 0 Å². The summed E-state index contributed by atoms with van der Waals surface area (Å²) < 4.78 is 11.6. The quantitative estimate of drug-likeness (QED) is 0.814. The van der Waals surface area contributed by atoms with Crippen LogP contribution in [0.3, 0.4) is 0 Å². The van der Waals surface area contributed by atoms with E-state index in [0.717, 1.165) is 67.4 Å². The Morgan fingerprint density at radius 2 is 2.07 bits per heavy atom. The van der Waals surface area contributed by atoms with Crippen LogP contribution < -0.4 is 9.64 Å². The van der Waals surface area contributed by atoms with Crippen LogP contribution >= 0.6 is 0 Å². The molecule has 3 heterocycles. The third kappa shape index (κ3) is 3.69. The van der Waals surface area contributed by atoms with Crippen molar-refractivity contribution in [2.45, 2.75) is 26.4 Å². The molecule has 1 aromatic heterocycles. The van der Waals surface area contributed by atoms with Crippen LogP contribution in [0.4, 0.5) is 11.5 Å². The SMILES string of the molecule is CCc1cc(OC)cc2c1COC(c1cccnc1N1CCCN(C)CC1)=N2. The van der Waals surface area contributed by atoms with E-state index in [1.807, 2.05) is 18.3 Å². The first-order valence-electron chi connectivity index (χ1n) is 9.99. The fraction of sp³-hybridized carbons (Fsp3) is 0.455. The molecule has 2 aliphatic heterocycles. The van der Waals surface area contributed by atoms with Crippen molar-refractivity contribution >= 4 is 17.4 Å². The lowest BCUT2D eigenvalue weighted by Crippen LogP contribution is -2.31. The molecule has 28 heavy (non-hydrogen) atoms. The minimum atomic E-state index is 0.526. The maximum absolute atomic E-state index is 6.12. The van der Waals surface area contributed by atoms with Gasteiger partial charge in [0.25, 0.3) is 0 Å². The Morgan fingerprint density at radius 1 is 1.18 bits per heavy atom. The van der Waals surface area contributed by atoms with Crippen LogP contribution in [-0.2, 0) is 17.8 Å². The molecule has 2 aliphatic rings. The van der Waals surface area contributed by atoms with Crippen molar-refractivity contribution in [2.75, 3.05) is 45.2 Å². The second kappa shape index (κ2) is 8.19. The van der Waals surface area contributed by atoms with Gasteiger partial charge >= 0.3 is 0 Å². The number of nitrogens with zero attached hydrogens (tertiary/aromatic N) is 4. The summed E-state index contributed by atoms with van der Waals surface area (Å²) in [6, 6.07) is 8.08. The summed E-state index contributed by atoms with van der Waals surface area (Å²) in [5, 5.41) is 0. The van der Waals surface area contributed by atoms with Gasteiger partial charge in [-0.25, -0.2) is 9.98 Å². The number of methoxy groups -OCH3 is 1.